The van der Waals surface area contributed by atoms with Gasteiger partial charge in [-0.1, -0.05) is 12.2 Å². The Balaban J connectivity index is 2.02. The maximum absolute atomic E-state index is 4.52. The number of fused-ring (bicyclic) bond motifs is 2. The van der Waals surface area contributed by atoms with E-state index in [1.807, 2.05) is 12.1 Å². The highest BCUT2D eigenvalue weighted by Crippen LogP contribution is 2.31. The first kappa shape index (κ1) is 7.18. The predicted octanol–water partition coefficient (Wildman–Crippen LogP) is 1.17. The van der Waals surface area contributed by atoms with Crippen LogP contribution < -0.4 is 0 Å². The van der Waals surface area contributed by atoms with E-state index in [4.69, 9.17) is 0 Å². The molecule has 3 nitrogen and oxygen atoms in total. The van der Waals surface area contributed by atoms with Crippen molar-refractivity contribution in [1.82, 2.24) is 9.91 Å². The highest BCUT2D eigenvalue weighted by Gasteiger charge is 2.32. The van der Waals surface area contributed by atoms with Gasteiger partial charge in [0.1, 0.15) is 6.67 Å². The summed E-state index contributed by atoms with van der Waals surface area (Å²) in [4.78, 5) is 2.35. The Morgan fingerprint density at radius 1 is 1.46 bits per heavy atom. The molecule has 0 N–H and O–H groups in total. The van der Waals surface area contributed by atoms with E-state index in [2.05, 4.69) is 22.2 Å². The van der Waals surface area contributed by atoms with Crippen LogP contribution in [0, 0.1) is 0 Å². The average Bonchev–Trinajstić information content (AvgIpc) is 2.60. The lowest BCUT2D eigenvalue weighted by molar-refractivity contribution is 0.290. The van der Waals surface area contributed by atoms with Gasteiger partial charge in [0.2, 0.25) is 0 Å². The van der Waals surface area contributed by atoms with Gasteiger partial charge in [0.15, 0.2) is 5.84 Å². The van der Waals surface area contributed by atoms with E-state index in [0.29, 0.717) is 0 Å². The summed E-state index contributed by atoms with van der Waals surface area (Å²) in [6.07, 6.45) is 6.88. The second-order valence-electron chi connectivity index (χ2n) is 3.87. The fourth-order valence-electron chi connectivity index (χ4n) is 2.27. The SMILES string of the molecule is CN1CN2CC3=C(CCC=C3)C2=N1. The number of hydrazone groups is 1. The lowest BCUT2D eigenvalue weighted by Crippen LogP contribution is -2.26. The van der Waals surface area contributed by atoms with Gasteiger partial charge in [-0.2, -0.15) is 5.10 Å². The zero-order chi connectivity index (χ0) is 8.84. The van der Waals surface area contributed by atoms with Crippen LogP contribution in [0.15, 0.2) is 28.4 Å². The highest BCUT2D eigenvalue weighted by molar-refractivity contribution is 6.02. The van der Waals surface area contributed by atoms with Crippen molar-refractivity contribution < 1.29 is 0 Å². The molecule has 0 bridgehead atoms. The predicted molar refractivity (Wildman–Crippen MR) is 52.2 cm³/mol. The molecule has 0 atom stereocenters. The largest absolute Gasteiger partial charge is 0.331 e. The first-order chi connectivity index (χ1) is 6.34. The average molecular weight is 175 g/mol. The van der Waals surface area contributed by atoms with Crippen molar-refractivity contribution in [3.63, 3.8) is 0 Å². The first-order valence-electron chi connectivity index (χ1n) is 4.78. The minimum atomic E-state index is 0.955. The van der Waals surface area contributed by atoms with Crippen molar-refractivity contribution >= 4 is 5.84 Å². The monoisotopic (exact) mass is 175 g/mol. The fourth-order valence-corrected chi connectivity index (χ4v) is 2.27. The molecule has 0 saturated heterocycles. The van der Waals surface area contributed by atoms with E-state index in [-0.39, 0.29) is 0 Å². The molecule has 3 aliphatic rings. The van der Waals surface area contributed by atoms with Crippen LogP contribution >= 0.6 is 0 Å². The normalized spacial score (nSPS) is 25.2. The van der Waals surface area contributed by atoms with Gasteiger partial charge in [-0.25, -0.2) is 0 Å². The van der Waals surface area contributed by atoms with E-state index >= 15 is 0 Å². The Bertz CT molecular complexity index is 338. The maximum atomic E-state index is 4.52. The van der Waals surface area contributed by atoms with Gasteiger partial charge >= 0.3 is 0 Å². The van der Waals surface area contributed by atoms with Crippen LogP contribution in [0.5, 0.6) is 0 Å². The number of allylic oxidation sites excluding steroid dienone is 1. The molecular weight excluding hydrogens is 162 g/mol. The standard InChI is InChI=1S/C10H13N3/c1-12-7-13-6-8-4-2-3-5-9(8)10(13)11-12/h2,4H,3,5-7H2,1H3. The Labute approximate surface area is 78.0 Å². The molecule has 0 spiro atoms. The van der Waals surface area contributed by atoms with Crippen LogP contribution in [0.25, 0.3) is 0 Å². The molecule has 68 valence electrons. The fraction of sp³-hybridized carbons (Fsp3) is 0.500. The van der Waals surface area contributed by atoms with Crippen LogP contribution in [0.2, 0.25) is 0 Å². The van der Waals surface area contributed by atoms with Gasteiger partial charge in [-0.05, 0) is 18.4 Å². The number of hydrogen-bond acceptors (Lipinski definition) is 3. The van der Waals surface area contributed by atoms with Crippen molar-refractivity contribution in [2.24, 2.45) is 5.10 Å². The number of amidine groups is 1. The Hall–Kier alpha value is -1.25. The minimum absolute atomic E-state index is 0.955. The third kappa shape index (κ3) is 0.930. The molecule has 0 aromatic carbocycles. The van der Waals surface area contributed by atoms with E-state index in [0.717, 1.165) is 13.2 Å². The van der Waals surface area contributed by atoms with Crippen molar-refractivity contribution in [1.29, 1.82) is 0 Å². The molecule has 0 radical (unpaired) electrons. The quantitative estimate of drug-likeness (QED) is 0.550. The van der Waals surface area contributed by atoms with E-state index in [1.54, 1.807) is 0 Å². The van der Waals surface area contributed by atoms with E-state index in [1.165, 1.54) is 29.8 Å². The van der Waals surface area contributed by atoms with Crippen LogP contribution in [-0.2, 0) is 0 Å². The topological polar surface area (TPSA) is 18.8 Å². The third-order valence-corrected chi connectivity index (χ3v) is 2.84. The minimum Gasteiger partial charge on any atom is -0.331 e. The summed E-state index contributed by atoms with van der Waals surface area (Å²) in [5, 5.41) is 6.53. The van der Waals surface area contributed by atoms with Crippen molar-refractivity contribution in [2.45, 2.75) is 12.8 Å². The van der Waals surface area contributed by atoms with Crippen molar-refractivity contribution in [3.05, 3.63) is 23.3 Å². The van der Waals surface area contributed by atoms with Crippen LogP contribution in [0.1, 0.15) is 12.8 Å². The second-order valence-corrected chi connectivity index (χ2v) is 3.87. The third-order valence-electron chi connectivity index (χ3n) is 2.84. The zero-order valence-corrected chi connectivity index (χ0v) is 7.82. The molecule has 0 saturated carbocycles. The van der Waals surface area contributed by atoms with Crippen molar-refractivity contribution in [3.8, 4) is 0 Å². The molecule has 0 unspecified atom stereocenters. The van der Waals surface area contributed by atoms with Crippen LogP contribution in [-0.4, -0.2) is 36.0 Å². The Morgan fingerprint density at radius 2 is 2.38 bits per heavy atom. The summed E-state index contributed by atoms with van der Waals surface area (Å²) < 4.78 is 0. The summed E-state index contributed by atoms with van der Waals surface area (Å²) in [7, 11) is 2.03. The van der Waals surface area contributed by atoms with Gasteiger partial charge in [0.05, 0.1) is 0 Å². The molecule has 1 aliphatic carbocycles. The number of nitrogens with zero attached hydrogens (tertiary/aromatic N) is 3. The lowest BCUT2D eigenvalue weighted by Gasteiger charge is -2.13. The summed E-state index contributed by atoms with van der Waals surface area (Å²) >= 11 is 0. The van der Waals surface area contributed by atoms with Gasteiger partial charge in [0, 0.05) is 19.2 Å². The van der Waals surface area contributed by atoms with Gasteiger partial charge < -0.3 is 4.90 Å². The molecule has 0 aromatic rings. The van der Waals surface area contributed by atoms with Gasteiger partial charge in [-0.3, -0.25) is 5.01 Å². The molecule has 3 heteroatoms. The lowest BCUT2D eigenvalue weighted by atomic mass is 10.00. The summed E-state index contributed by atoms with van der Waals surface area (Å²) in [6.45, 7) is 2.02. The molecule has 3 rings (SSSR count). The molecular formula is C10H13N3. The second kappa shape index (κ2) is 2.37. The molecule has 0 aromatic heterocycles. The smallest absolute Gasteiger partial charge is 0.154 e. The summed E-state index contributed by atoms with van der Waals surface area (Å²) in [6, 6.07) is 0. The molecule has 2 heterocycles. The maximum Gasteiger partial charge on any atom is 0.154 e. The summed E-state index contributed by atoms with van der Waals surface area (Å²) in [5.41, 5.74) is 2.96. The molecule has 2 aliphatic heterocycles. The van der Waals surface area contributed by atoms with Gasteiger partial charge in [0.25, 0.3) is 0 Å². The first-order valence-corrected chi connectivity index (χ1v) is 4.78. The van der Waals surface area contributed by atoms with Crippen LogP contribution in [0.3, 0.4) is 0 Å². The summed E-state index contributed by atoms with van der Waals surface area (Å²) in [5.74, 6) is 1.22. The highest BCUT2D eigenvalue weighted by atomic mass is 15.6. The van der Waals surface area contributed by atoms with Crippen LogP contribution in [0.4, 0.5) is 0 Å². The Morgan fingerprint density at radius 3 is 3.31 bits per heavy atom. The molecule has 13 heavy (non-hydrogen) atoms. The molecule has 0 amide bonds. The molecule has 0 fully saturated rings. The number of hydrogen-bond donors (Lipinski definition) is 0. The zero-order valence-electron chi connectivity index (χ0n) is 7.82. The van der Waals surface area contributed by atoms with Crippen molar-refractivity contribution in [2.75, 3.05) is 20.3 Å². The Kier molecular flexibility index (Phi) is 1.31. The van der Waals surface area contributed by atoms with Gasteiger partial charge in [-0.15, -0.1) is 0 Å². The number of rotatable bonds is 0. The van der Waals surface area contributed by atoms with E-state index in [9.17, 15) is 0 Å². The van der Waals surface area contributed by atoms with E-state index < -0.39 is 0 Å².